The van der Waals surface area contributed by atoms with Gasteiger partial charge in [-0.15, -0.1) is 0 Å². The summed E-state index contributed by atoms with van der Waals surface area (Å²) in [6.07, 6.45) is 0. The third-order valence-electron chi connectivity index (χ3n) is 4.36. The van der Waals surface area contributed by atoms with E-state index in [1.165, 1.54) is 11.1 Å². The van der Waals surface area contributed by atoms with Gasteiger partial charge in [0, 0.05) is 21.9 Å². The highest BCUT2D eigenvalue weighted by molar-refractivity contribution is 5.91. The number of rotatable bonds is 0. The van der Waals surface area contributed by atoms with Crippen molar-refractivity contribution < 1.29 is 4.42 Å². The second-order valence-electron chi connectivity index (χ2n) is 6.54. The molecule has 0 aliphatic rings. The van der Waals surface area contributed by atoms with Crippen molar-refractivity contribution in [2.75, 3.05) is 0 Å². The predicted molar refractivity (Wildman–Crippen MR) is 111 cm³/mol. The first kappa shape index (κ1) is 16.8. The first-order chi connectivity index (χ1) is 13.2. The fraction of sp³-hybridized carbons (Fsp3) is 0.0769. The number of furan rings is 1. The average molecular weight is 346 g/mol. The molecule has 0 N–H and O–H groups in total. The largest absolute Gasteiger partial charge is 0.438 e. The molecule has 0 spiro atoms. The first-order valence-corrected chi connectivity index (χ1v) is 8.88. The van der Waals surface area contributed by atoms with Crippen molar-refractivity contribution in [3.63, 3.8) is 0 Å². The SMILES string of the molecule is Cc1ccc(C#Cc2oc(C#Cc3ccc(C)cc3)c3ccccc23)cc1. The molecule has 1 nitrogen and oxygen atoms in total. The molecule has 1 heteroatoms. The Hall–Kier alpha value is -3.68. The van der Waals surface area contributed by atoms with Crippen LogP contribution in [0.4, 0.5) is 0 Å². The zero-order valence-corrected chi connectivity index (χ0v) is 15.3. The van der Waals surface area contributed by atoms with Crippen LogP contribution in [0, 0.1) is 37.5 Å². The van der Waals surface area contributed by atoms with Gasteiger partial charge in [0.25, 0.3) is 0 Å². The molecule has 4 aromatic rings. The van der Waals surface area contributed by atoms with E-state index in [0.29, 0.717) is 11.5 Å². The predicted octanol–water partition coefficient (Wildman–Crippen LogP) is 5.85. The van der Waals surface area contributed by atoms with Crippen molar-refractivity contribution in [3.05, 3.63) is 107 Å². The summed E-state index contributed by atoms with van der Waals surface area (Å²) in [6, 6.07) is 24.3. The Morgan fingerprint density at radius 1 is 0.519 bits per heavy atom. The number of benzene rings is 3. The molecule has 4 rings (SSSR count). The zero-order valence-electron chi connectivity index (χ0n) is 15.3. The van der Waals surface area contributed by atoms with Gasteiger partial charge in [0.1, 0.15) is 0 Å². The Morgan fingerprint density at radius 3 is 1.33 bits per heavy atom. The van der Waals surface area contributed by atoms with Crippen LogP contribution in [0.2, 0.25) is 0 Å². The van der Waals surface area contributed by atoms with Gasteiger partial charge in [0.15, 0.2) is 11.5 Å². The van der Waals surface area contributed by atoms with Crippen molar-refractivity contribution >= 4 is 10.8 Å². The number of hydrogen-bond acceptors (Lipinski definition) is 1. The topological polar surface area (TPSA) is 13.1 Å². The highest BCUT2D eigenvalue weighted by Gasteiger charge is 2.09. The summed E-state index contributed by atoms with van der Waals surface area (Å²) in [5, 5.41) is 1.98. The summed E-state index contributed by atoms with van der Waals surface area (Å²) in [5.41, 5.74) is 4.37. The number of fused-ring (bicyclic) bond motifs is 1. The second kappa shape index (κ2) is 7.28. The van der Waals surface area contributed by atoms with Crippen LogP contribution in [0.25, 0.3) is 10.8 Å². The van der Waals surface area contributed by atoms with Crippen LogP contribution in [-0.4, -0.2) is 0 Å². The fourth-order valence-electron chi connectivity index (χ4n) is 2.81. The van der Waals surface area contributed by atoms with Crippen LogP contribution < -0.4 is 0 Å². The Labute approximate surface area is 159 Å². The van der Waals surface area contributed by atoms with E-state index >= 15 is 0 Å². The maximum absolute atomic E-state index is 6.01. The molecule has 0 bridgehead atoms. The zero-order chi connectivity index (χ0) is 18.6. The minimum Gasteiger partial charge on any atom is -0.438 e. The second-order valence-corrected chi connectivity index (χ2v) is 6.54. The molecule has 27 heavy (non-hydrogen) atoms. The van der Waals surface area contributed by atoms with Gasteiger partial charge >= 0.3 is 0 Å². The fourth-order valence-corrected chi connectivity index (χ4v) is 2.81. The summed E-state index contributed by atoms with van der Waals surface area (Å²) in [4.78, 5) is 0. The normalized spacial score (nSPS) is 10.0. The lowest BCUT2D eigenvalue weighted by atomic mass is 10.1. The smallest absolute Gasteiger partial charge is 0.186 e. The van der Waals surface area contributed by atoms with Gasteiger partial charge in [-0.25, -0.2) is 0 Å². The molecule has 0 amide bonds. The van der Waals surface area contributed by atoms with E-state index in [2.05, 4.69) is 61.8 Å². The van der Waals surface area contributed by atoms with Crippen LogP contribution >= 0.6 is 0 Å². The van der Waals surface area contributed by atoms with Crippen molar-refractivity contribution in [2.24, 2.45) is 0 Å². The Balaban J connectivity index is 1.74. The standard InChI is InChI=1S/C26H18O/c1-19-7-11-21(12-8-19)15-17-25-23-5-3-4-6-24(23)26(27-25)18-16-22-13-9-20(2)10-14-22/h3-14H,1-2H3. The van der Waals surface area contributed by atoms with E-state index in [4.69, 9.17) is 4.42 Å². The molecule has 0 aliphatic carbocycles. The average Bonchev–Trinajstić information content (AvgIpc) is 3.05. The lowest BCUT2D eigenvalue weighted by molar-refractivity contribution is 0.547. The molecule has 128 valence electrons. The number of aryl methyl sites for hydroxylation is 2. The van der Waals surface area contributed by atoms with Crippen molar-refractivity contribution in [3.8, 4) is 23.7 Å². The molecule has 0 unspecified atom stereocenters. The van der Waals surface area contributed by atoms with Crippen molar-refractivity contribution in [1.82, 2.24) is 0 Å². The molecule has 3 aromatic carbocycles. The molecular formula is C26H18O. The van der Waals surface area contributed by atoms with Gasteiger partial charge in [0.05, 0.1) is 0 Å². The number of hydrogen-bond donors (Lipinski definition) is 0. The van der Waals surface area contributed by atoms with Crippen LogP contribution in [0.5, 0.6) is 0 Å². The van der Waals surface area contributed by atoms with E-state index < -0.39 is 0 Å². The van der Waals surface area contributed by atoms with Gasteiger partial charge in [-0.05, 0) is 62.1 Å². The third-order valence-corrected chi connectivity index (χ3v) is 4.36. The van der Waals surface area contributed by atoms with Gasteiger partial charge < -0.3 is 4.42 Å². The first-order valence-electron chi connectivity index (χ1n) is 8.88. The summed E-state index contributed by atoms with van der Waals surface area (Å²) >= 11 is 0. The summed E-state index contributed by atoms with van der Waals surface area (Å²) in [5.74, 6) is 14.0. The minimum absolute atomic E-state index is 0.652. The molecule has 1 heterocycles. The summed E-state index contributed by atoms with van der Waals surface area (Å²) in [6.45, 7) is 4.13. The Morgan fingerprint density at radius 2 is 0.926 bits per heavy atom. The third kappa shape index (κ3) is 3.79. The lowest BCUT2D eigenvalue weighted by Crippen LogP contribution is -1.76. The van der Waals surface area contributed by atoms with Gasteiger partial charge in [-0.2, -0.15) is 0 Å². The minimum atomic E-state index is 0.652. The summed E-state index contributed by atoms with van der Waals surface area (Å²) < 4.78 is 6.01. The molecular weight excluding hydrogens is 328 g/mol. The Bertz CT molecular complexity index is 1120. The van der Waals surface area contributed by atoms with Crippen LogP contribution in [-0.2, 0) is 0 Å². The van der Waals surface area contributed by atoms with Crippen molar-refractivity contribution in [1.29, 1.82) is 0 Å². The van der Waals surface area contributed by atoms with Crippen molar-refractivity contribution in [2.45, 2.75) is 13.8 Å². The Kier molecular flexibility index (Phi) is 4.52. The van der Waals surface area contributed by atoms with E-state index in [1.54, 1.807) is 0 Å². The van der Waals surface area contributed by atoms with Gasteiger partial charge in [0.2, 0.25) is 0 Å². The van der Waals surface area contributed by atoms with Crippen LogP contribution in [0.15, 0.2) is 77.2 Å². The molecule has 0 saturated heterocycles. The molecule has 0 fully saturated rings. The molecule has 0 saturated carbocycles. The lowest BCUT2D eigenvalue weighted by Gasteiger charge is -1.91. The highest BCUT2D eigenvalue weighted by Crippen LogP contribution is 2.25. The van der Waals surface area contributed by atoms with Gasteiger partial charge in [-0.1, -0.05) is 59.4 Å². The quantitative estimate of drug-likeness (QED) is 0.364. The summed E-state index contributed by atoms with van der Waals surface area (Å²) in [7, 11) is 0. The van der Waals surface area contributed by atoms with E-state index in [0.717, 1.165) is 21.9 Å². The highest BCUT2D eigenvalue weighted by atomic mass is 16.3. The monoisotopic (exact) mass is 346 g/mol. The van der Waals surface area contributed by atoms with Crippen LogP contribution in [0.1, 0.15) is 33.8 Å². The van der Waals surface area contributed by atoms with E-state index in [9.17, 15) is 0 Å². The molecule has 0 aliphatic heterocycles. The maximum atomic E-state index is 6.01. The maximum Gasteiger partial charge on any atom is 0.186 e. The van der Waals surface area contributed by atoms with E-state index in [-0.39, 0.29) is 0 Å². The molecule has 0 atom stereocenters. The van der Waals surface area contributed by atoms with Gasteiger partial charge in [-0.3, -0.25) is 0 Å². The molecule has 0 radical (unpaired) electrons. The molecule has 1 aromatic heterocycles. The van der Waals surface area contributed by atoms with Crippen LogP contribution in [0.3, 0.4) is 0 Å². The van der Waals surface area contributed by atoms with E-state index in [1.807, 2.05) is 48.5 Å².